The van der Waals surface area contributed by atoms with Gasteiger partial charge in [-0.15, -0.1) is 0 Å². The van der Waals surface area contributed by atoms with E-state index < -0.39 is 0 Å². The van der Waals surface area contributed by atoms with Crippen LogP contribution in [0.5, 0.6) is 5.75 Å². The van der Waals surface area contributed by atoms with Crippen LogP contribution in [0.15, 0.2) is 36.5 Å². The number of nitrogens with zero attached hydrogens (tertiary/aromatic N) is 1. The lowest BCUT2D eigenvalue weighted by Crippen LogP contribution is -2.40. The van der Waals surface area contributed by atoms with Crippen LogP contribution in [0, 0.1) is 5.92 Å². The Labute approximate surface area is 140 Å². The van der Waals surface area contributed by atoms with Gasteiger partial charge < -0.3 is 14.6 Å². The number of carbonyl (C=O) groups excluding carboxylic acids is 1. The van der Waals surface area contributed by atoms with Crippen molar-refractivity contribution in [3.8, 4) is 5.75 Å². The molecule has 4 nitrogen and oxygen atoms in total. The van der Waals surface area contributed by atoms with Crippen LogP contribution in [0.3, 0.4) is 0 Å². The number of benzene rings is 1. The van der Waals surface area contributed by atoms with Crippen LogP contribution in [0.25, 0.3) is 0 Å². The third kappa shape index (κ3) is 2.72. The molecule has 1 saturated heterocycles. The molecule has 2 atom stereocenters. The number of rotatable bonds is 2. The predicted octanol–water partition coefficient (Wildman–Crippen LogP) is 3.58. The van der Waals surface area contributed by atoms with Crippen molar-refractivity contribution >= 4 is 17.5 Å². The minimum atomic E-state index is -0.128. The molecule has 0 saturated carbocycles. The minimum Gasteiger partial charge on any atom is -0.492 e. The third-order valence-corrected chi connectivity index (χ3v) is 5.03. The molecule has 23 heavy (non-hydrogen) atoms. The maximum atomic E-state index is 13.0. The third-order valence-electron chi connectivity index (χ3n) is 4.79. The summed E-state index contributed by atoms with van der Waals surface area (Å²) in [6, 6.07) is 9.82. The molecule has 120 valence electrons. The zero-order valence-corrected chi connectivity index (χ0v) is 13.6. The fourth-order valence-corrected chi connectivity index (χ4v) is 3.86. The molecule has 1 aromatic carbocycles. The van der Waals surface area contributed by atoms with Crippen molar-refractivity contribution < 1.29 is 9.53 Å². The van der Waals surface area contributed by atoms with Gasteiger partial charge in [0.25, 0.3) is 0 Å². The van der Waals surface area contributed by atoms with Crippen LogP contribution < -0.4 is 4.74 Å². The highest BCUT2D eigenvalue weighted by atomic mass is 35.5. The Bertz CT molecular complexity index is 714. The van der Waals surface area contributed by atoms with Crippen molar-refractivity contribution in [3.05, 3.63) is 52.8 Å². The van der Waals surface area contributed by atoms with E-state index in [0.29, 0.717) is 18.1 Å². The second-order valence-corrected chi connectivity index (χ2v) is 6.72. The maximum Gasteiger partial charge on any atom is 0.230 e. The van der Waals surface area contributed by atoms with Crippen molar-refractivity contribution in [2.24, 2.45) is 5.92 Å². The summed E-state index contributed by atoms with van der Waals surface area (Å²) in [5.74, 6) is 0.907. The monoisotopic (exact) mass is 330 g/mol. The Kier molecular flexibility index (Phi) is 3.77. The lowest BCUT2D eigenvalue weighted by Gasteiger charge is -2.31. The smallest absolute Gasteiger partial charge is 0.230 e. The number of aromatic nitrogens is 1. The van der Waals surface area contributed by atoms with E-state index in [1.807, 2.05) is 35.4 Å². The lowest BCUT2D eigenvalue weighted by molar-refractivity contribution is -0.138. The molecule has 5 heteroatoms. The summed E-state index contributed by atoms with van der Waals surface area (Å²) in [6.07, 6.45) is 4.68. The second-order valence-electron chi connectivity index (χ2n) is 6.28. The van der Waals surface area contributed by atoms with Crippen molar-refractivity contribution in [3.63, 3.8) is 0 Å². The summed E-state index contributed by atoms with van der Waals surface area (Å²) in [5.41, 5.74) is 2.15. The van der Waals surface area contributed by atoms with E-state index >= 15 is 0 Å². The summed E-state index contributed by atoms with van der Waals surface area (Å²) >= 11 is 6.07. The summed E-state index contributed by atoms with van der Waals surface area (Å²) in [4.78, 5) is 18.3. The highest BCUT2D eigenvalue weighted by molar-refractivity contribution is 6.30. The number of amides is 1. The standard InChI is InChI=1S/C18H19ClN2O2/c19-14-5-6-17-12(10-14)9-13(11-23-17)18(22)21-8-2-4-16(21)15-3-1-7-20-15/h1,3,5-7,10,13,16,20H,2,4,8-9,11H2/t13-,16+/m0/s1. The summed E-state index contributed by atoms with van der Waals surface area (Å²) in [6.45, 7) is 1.27. The lowest BCUT2D eigenvalue weighted by atomic mass is 9.95. The average molecular weight is 331 g/mol. The molecule has 1 amide bonds. The van der Waals surface area contributed by atoms with Crippen LogP contribution in [-0.4, -0.2) is 28.9 Å². The number of hydrogen-bond donors (Lipinski definition) is 1. The van der Waals surface area contributed by atoms with E-state index in [2.05, 4.69) is 11.1 Å². The first kappa shape index (κ1) is 14.6. The molecule has 0 unspecified atom stereocenters. The van der Waals surface area contributed by atoms with Gasteiger partial charge in [-0.05, 0) is 55.2 Å². The number of hydrogen-bond acceptors (Lipinski definition) is 2. The quantitative estimate of drug-likeness (QED) is 0.914. The first-order chi connectivity index (χ1) is 11.2. The summed E-state index contributed by atoms with van der Waals surface area (Å²) < 4.78 is 5.78. The van der Waals surface area contributed by atoms with E-state index in [9.17, 15) is 4.79 Å². The molecular formula is C18H19ClN2O2. The Morgan fingerprint density at radius 2 is 2.26 bits per heavy atom. The number of halogens is 1. The van der Waals surface area contributed by atoms with Gasteiger partial charge in [-0.3, -0.25) is 4.79 Å². The Hall–Kier alpha value is -1.94. The van der Waals surface area contributed by atoms with Crippen molar-refractivity contribution in [2.45, 2.75) is 25.3 Å². The van der Waals surface area contributed by atoms with Crippen LogP contribution in [0.4, 0.5) is 0 Å². The van der Waals surface area contributed by atoms with Gasteiger partial charge >= 0.3 is 0 Å². The van der Waals surface area contributed by atoms with Crippen LogP contribution >= 0.6 is 11.6 Å². The largest absolute Gasteiger partial charge is 0.492 e. The maximum absolute atomic E-state index is 13.0. The van der Waals surface area contributed by atoms with Crippen molar-refractivity contribution in [2.75, 3.05) is 13.2 Å². The number of carbonyl (C=O) groups is 1. The molecule has 0 radical (unpaired) electrons. The number of aromatic amines is 1. The molecule has 1 fully saturated rings. The van der Waals surface area contributed by atoms with Gasteiger partial charge in [-0.25, -0.2) is 0 Å². The highest BCUT2D eigenvalue weighted by Crippen LogP contribution is 2.35. The van der Waals surface area contributed by atoms with Gasteiger partial charge in [0.15, 0.2) is 0 Å². The number of likely N-dealkylation sites (tertiary alicyclic amines) is 1. The van der Waals surface area contributed by atoms with Crippen molar-refractivity contribution in [1.29, 1.82) is 0 Å². The minimum absolute atomic E-state index is 0.128. The zero-order valence-electron chi connectivity index (χ0n) is 12.8. The van der Waals surface area contributed by atoms with Gasteiger partial charge in [0, 0.05) is 23.5 Å². The van der Waals surface area contributed by atoms with Crippen molar-refractivity contribution in [1.82, 2.24) is 9.88 Å². The predicted molar refractivity (Wildman–Crippen MR) is 88.6 cm³/mol. The molecule has 1 N–H and O–H groups in total. The SMILES string of the molecule is O=C([C@@H]1COc2ccc(Cl)cc2C1)N1CCC[C@@H]1c1ccc[nH]1. The van der Waals surface area contributed by atoms with Gasteiger partial charge in [0.05, 0.1) is 12.0 Å². The topological polar surface area (TPSA) is 45.3 Å². The number of H-pyrrole nitrogens is 1. The van der Waals surface area contributed by atoms with Gasteiger partial charge in [-0.1, -0.05) is 11.6 Å². The first-order valence-corrected chi connectivity index (χ1v) is 8.45. The second kappa shape index (κ2) is 5.93. The van der Waals surface area contributed by atoms with Gasteiger partial charge in [-0.2, -0.15) is 0 Å². The Morgan fingerprint density at radius 1 is 1.35 bits per heavy atom. The van der Waals surface area contributed by atoms with Crippen LogP contribution in [0.2, 0.25) is 5.02 Å². The number of fused-ring (bicyclic) bond motifs is 1. The fraction of sp³-hybridized carbons (Fsp3) is 0.389. The molecular weight excluding hydrogens is 312 g/mol. The fourth-order valence-electron chi connectivity index (χ4n) is 3.66. The number of ether oxygens (including phenoxy) is 1. The van der Waals surface area contributed by atoms with E-state index in [1.54, 1.807) is 0 Å². The molecule has 2 aliphatic heterocycles. The van der Waals surface area contributed by atoms with Crippen LogP contribution in [-0.2, 0) is 11.2 Å². The van der Waals surface area contributed by atoms with E-state index in [1.165, 1.54) is 0 Å². The molecule has 1 aromatic heterocycles. The molecule has 3 heterocycles. The summed E-state index contributed by atoms with van der Waals surface area (Å²) in [5, 5.41) is 0.686. The highest BCUT2D eigenvalue weighted by Gasteiger charge is 2.36. The molecule has 4 rings (SSSR count). The Balaban J connectivity index is 1.53. The van der Waals surface area contributed by atoms with E-state index in [4.69, 9.17) is 16.3 Å². The molecule has 0 bridgehead atoms. The average Bonchev–Trinajstić information content (AvgIpc) is 3.24. The zero-order chi connectivity index (χ0) is 15.8. The van der Waals surface area contributed by atoms with E-state index in [0.717, 1.165) is 36.4 Å². The Morgan fingerprint density at radius 3 is 3.09 bits per heavy atom. The van der Waals surface area contributed by atoms with Crippen LogP contribution in [0.1, 0.15) is 30.1 Å². The molecule has 0 aliphatic carbocycles. The first-order valence-electron chi connectivity index (χ1n) is 8.07. The molecule has 2 aromatic rings. The normalized spacial score (nSPS) is 23.4. The van der Waals surface area contributed by atoms with Gasteiger partial charge in [0.1, 0.15) is 12.4 Å². The molecule has 2 aliphatic rings. The number of nitrogens with one attached hydrogen (secondary N) is 1. The van der Waals surface area contributed by atoms with E-state index in [-0.39, 0.29) is 17.9 Å². The summed E-state index contributed by atoms with van der Waals surface area (Å²) in [7, 11) is 0. The molecule has 0 spiro atoms. The van der Waals surface area contributed by atoms with Gasteiger partial charge in [0.2, 0.25) is 5.91 Å².